The zero-order chi connectivity index (χ0) is 61.3. The zero-order valence-electron chi connectivity index (χ0n) is 44.5. The number of aryl methyl sites for hydroxylation is 2. The molecule has 8 aromatic rings. The third-order valence-electron chi connectivity index (χ3n) is 12.0. The highest BCUT2D eigenvalue weighted by atomic mass is 32.2. The van der Waals surface area contributed by atoms with Gasteiger partial charge in [-0.05, 0) is 152 Å². The third kappa shape index (κ3) is 17.1. The van der Waals surface area contributed by atoms with Crippen molar-refractivity contribution in [1.82, 2.24) is 15.0 Å². The molecule has 0 aliphatic carbocycles. The molecule has 0 atom stereocenters. The summed E-state index contributed by atoms with van der Waals surface area (Å²) < 4.78 is 141. The SMILES string of the molecule is Cc1cc(Nc2nc(NCc3ccc(CN)cc3)nc(Nc3cc(C)c(N=Nc4ccc(Nc5ccc(S(=O)(=O)O)cc5)cc4S(=O)(=O)O)cc3OCCCC(=O)O)n2)ccc1N=Nc1ccc(Nc2ccc(S(=O)(=O)O)cc2)cc1S(=O)(=O)O. The second-order valence-corrected chi connectivity index (χ2v) is 24.0. The van der Waals surface area contributed by atoms with Crippen LogP contribution in [-0.4, -0.2) is 84.5 Å². The van der Waals surface area contributed by atoms with Crippen LogP contribution in [0.4, 0.5) is 74.7 Å². The fraction of sp³-hybridized carbons (Fsp3) is 0.132. The Bertz CT molecular complexity index is 4350. The number of nitrogens with zero attached hydrogens (tertiary/aromatic N) is 7. The summed E-state index contributed by atoms with van der Waals surface area (Å²) in [5.41, 5.74) is 10.3. The van der Waals surface area contributed by atoms with Crippen molar-refractivity contribution in [2.75, 3.05) is 33.2 Å². The Kier molecular flexibility index (Phi) is 18.9. The van der Waals surface area contributed by atoms with Crippen molar-refractivity contribution in [2.24, 2.45) is 26.2 Å². The Morgan fingerprint density at radius 3 is 1.41 bits per heavy atom. The Labute approximate surface area is 486 Å². The Hall–Kier alpha value is -9.38. The van der Waals surface area contributed by atoms with Gasteiger partial charge in [0.05, 0.1) is 33.5 Å². The number of anilines is 9. The second kappa shape index (κ2) is 26.0. The molecule has 0 unspecified atom stereocenters. The van der Waals surface area contributed by atoms with Crippen LogP contribution in [0.1, 0.15) is 35.1 Å². The molecule has 0 aliphatic heterocycles. The van der Waals surface area contributed by atoms with E-state index in [1.54, 1.807) is 38.1 Å². The van der Waals surface area contributed by atoms with E-state index in [0.717, 1.165) is 47.5 Å². The zero-order valence-corrected chi connectivity index (χ0v) is 47.7. The molecule has 7 aromatic carbocycles. The number of carbonyl (C=O) groups is 1. The van der Waals surface area contributed by atoms with Crippen LogP contribution in [0.25, 0.3) is 0 Å². The van der Waals surface area contributed by atoms with Crippen LogP contribution < -0.4 is 37.1 Å². The number of hydrogen-bond acceptors (Lipinski definition) is 23. The predicted molar refractivity (Wildman–Crippen MR) is 313 cm³/mol. The van der Waals surface area contributed by atoms with Crippen LogP contribution in [0, 0.1) is 13.8 Å². The number of aliphatic carboxylic acids is 1. The molecular formula is C53H51N13O15S4. The first-order valence-corrected chi connectivity index (χ1v) is 30.6. The Morgan fingerprint density at radius 1 is 0.494 bits per heavy atom. The molecular weight excluding hydrogens is 1190 g/mol. The first-order valence-electron chi connectivity index (χ1n) is 24.8. The number of carboxylic acid groups (broad SMARTS) is 1. The first kappa shape index (κ1) is 61.7. The minimum atomic E-state index is -4.91. The lowest BCUT2D eigenvalue weighted by atomic mass is 10.1. The standard InChI is InChI=1S/C53H51N13O15S4/c1-31-24-37(13-20-42(31)63-64-43-21-14-38(26-48(43)84(75,76)77)56-35-9-16-40(17-10-35)82(69,70)71)58-52-60-51(55-30-34-7-5-33(29-54)6-8-34)61-53(62-52)59-46-25-32(2)45(28-47(46)81-23-3-4-50(67)68)66-65-44-22-15-39(27-49(44)85(78,79)80)57-36-11-18-41(19-12-36)83(72,73)74/h5-22,24-28,56-57H,3-4,23,29-30,54H2,1-2H3,(H,67,68)(H,69,70,71)(H,72,73,74)(H,75,76,77)(H,78,79,80)(H3,55,58,59,60,61,62). The maximum absolute atomic E-state index is 12.6. The van der Waals surface area contributed by atoms with E-state index < -0.39 is 56.2 Å². The average molecular weight is 1240 g/mol. The summed E-state index contributed by atoms with van der Waals surface area (Å²) in [6.45, 7) is 3.90. The van der Waals surface area contributed by atoms with Crippen LogP contribution in [0.15, 0.2) is 180 Å². The molecule has 28 nitrogen and oxygen atoms in total. The van der Waals surface area contributed by atoms with E-state index in [1.165, 1.54) is 54.6 Å². The molecule has 442 valence electrons. The topological polar surface area (TPSA) is 438 Å². The predicted octanol–water partition coefficient (Wildman–Crippen LogP) is 10.6. The molecule has 8 rings (SSSR count). The van der Waals surface area contributed by atoms with Gasteiger partial charge in [-0.3, -0.25) is 23.0 Å². The minimum Gasteiger partial charge on any atom is -0.491 e. The first-order chi connectivity index (χ1) is 40.2. The monoisotopic (exact) mass is 1240 g/mol. The van der Waals surface area contributed by atoms with Crippen LogP contribution in [-0.2, 0) is 58.4 Å². The van der Waals surface area contributed by atoms with E-state index >= 15 is 0 Å². The lowest BCUT2D eigenvalue weighted by Gasteiger charge is -2.16. The van der Waals surface area contributed by atoms with Gasteiger partial charge in [-0.15, -0.1) is 10.2 Å². The van der Waals surface area contributed by atoms with E-state index in [0.29, 0.717) is 40.4 Å². The van der Waals surface area contributed by atoms with Crippen molar-refractivity contribution >= 4 is 121 Å². The lowest BCUT2D eigenvalue weighted by Crippen LogP contribution is -2.10. The van der Waals surface area contributed by atoms with Crippen molar-refractivity contribution in [3.05, 3.63) is 162 Å². The van der Waals surface area contributed by atoms with Crippen molar-refractivity contribution in [3.8, 4) is 5.75 Å². The number of nitrogens with one attached hydrogen (secondary N) is 5. The van der Waals surface area contributed by atoms with Gasteiger partial charge in [0.25, 0.3) is 40.5 Å². The smallest absolute Gasteiger partial charge is 0.303 e. The molecule has 12 N–H and O–H groups in total. The number of aromatic nitrogens is 3. The summed E-state index contributed by atoms with van der Waals surface area (Å²) in [7, 11) is -18.7. The molecule has 0 spiro atoms. The summed E-state index contributed by atoms with van der Waals surface area (Å²) in [6, 6.07) is 33.0. The van der Waals surface area contributed by atoms with Crippen molar-refractivity contribution in [1.29, 1.82) is 0 Å². The fourth-order valence-corrected chi connectivity index (χ4v) is 10.0. The number of nitrogens with two attached hydrogens (primary N) is 1. The molecule has 32 heteroatoms. The van der Waals surface area contributed by atoms with Gasteiger partial charge in [-0.2, -0.15) is 58.9 Å². The summed E-state index contributed by atoms with van der Waals surface area (Å²) in [6.07, 6.45) is -0.122. The van der Waals surface area contributed by atoms with Crippen molar-refractivity contribution in [2.45, 2.75) is 59.4 Å². The summed E-state index contributed by atoms with van der Waals surface area (Å²) >= 11 is 0. The van der Waals surface area contributed by atoms with Gasteiger partial charge in [0.1, 0.15) is 26.9 Å². The van der Waals surface area contributed by atoms with Crippen molar-refractivity contribution in [3.63, 3.8) is 0 Å². The lowest BCUT2D eigenvalue weighted by molar-refractivity contribution is -0.137. The van der Waals surface area contributed by atoms with Gasteiger partial charge in [0.2, 0.25) is 17.8 Å². The molecule has 0 amide bonds. The maximum Gasteiger partial charge on any atom is 0.303 e. The van der Waals surface area contributed by atoms with Crippen LogP contribution in [0.2, 0.25) is 0 Å². The van der Waals surface area contributed by atoms with Crippen LogP contribution in [0.3, 0.4) is 0 Å². The van der Waals surface area contributed by atoms with Gasteiger partial charge in [-0.1, -0.05) is 24.3 Å². The summed E-state index contributed by atoms with van der Waals surface area (Å²) in [5, 5.41) is 41.4. The summed E-state index contributed by atoms with van der Waals surface area (Å²) in [4.78, 5) is 23.3. The van der Waals surface area contributed by atoms with Crippen LogP contribution in [0.5, 0.6) is 5.75 Å². The molecule has 0 saturated heterocycles. The number of ether oxygens (including phenoxy) is 1. The molecule has 85 heavy (non-hydrogen) atoms. The Morgan fingerprint density at radius 2 is 0.929 bits per heavy atom. The van der Waals surface area contributed by atoms with E-state index in [-0.39, 0.29) is 93.5 Å². The van der Waals surface area contributed by atoms with Crippen molar-refractivity contribution < 1.29 is 66.5 Å². The van der Waals surface area contributed by atoms with Gasteiger partial charge in [0.15, 0.2) is 0 Å². The number of benzene rings is 7. The Balaban J connectivity index is 1.07. The molecule has 0 fully saturated rings. The molecule has 0 aliphatic rings. The van der Waals surface area contributed by atoms with E-state index in [9.17, 15) is 61.8 Å². The highest BCUT2D eigenvalue weighted by Crippen LogP contribution is 2.38. The molecule has 0 saturated carbocycles. The average Bonchev–Trinajstić information content (AvgIpc) is 2.84. The molecule has 0 bridgehead atoms. The van der Waals surface area contributed by atoms with Gasteiger partial charge in [-0.25, -0.2) is 0 Å². The third-order valence-corrected chi connectivity index (χ3v) is 15.5. The van der Waals surface area contributed by atoms with E-state index in [2.05, 4.69) is 62.0 Å². The van der Waals surface area contributed by atoms with E-state index in [1.807, 2.05) is 24.3 Å². The molecule has 1 aromatic heterocycles. The summed E-state index contributed by atoms with van der Waals surface area (Å²) in [5.74, 6) is -0.817. The largest absolute Gasteiger partial charge is 0.491 e. The fourth-order valence-electron chi connectivity index (χ4n) is 7.78. The number of carboxylic acids is 1. The van der Waals surface area contributed by atoms with Gasteiger partial charge >= 0.3 is 5.97 Å². The highest BCUT2D eigenvalue weighted by molar-refractivity contribution is 7.86. The number of hydrogen-bond donors (Lipinski definition) is 11. The number of rotatable bonds is 25. The van der Waals surface area contributed by atoms with Crippen LogP contribution >= 0.6 is 0 Å². The number of azo groups is 2. The van der Waals surface area contributed by atoms with Gasteiger partial charge < -0.3 is 42.2 Å². The molecule has 0 radical (unpaired) electrons. The van der Waals surface area contributed by atoms with Gasteiger partial charge in [0, 0.05) is 54.0 Å². The minimum absolute atomic E-state index is 0.0171. The highest BCUT2D eigenvalue weighted by Gasteiger charge is 2.21. The quantitative estimate of drug-likeness (QED) is 0.0144. The normalized spacial score (nSPS) is 12.1. The maximum atomic E-state index is 12.6. The molecule has 1 heterocycles. The van der Waals surface area contributed by atoms with E-state index in [4.69, 9.17) is 10.5 Å². The second-order valence-electron chi connectivity index (χ2n) is 18.4.